The van der Waals surface area contributed by atoms with Gasteiger partial charge in [-0.05, 0) is 19.8 Å². The lowest BCUT2D eigenvalue weighted by Gasteiger charge is -2.07. The molecule has 0 spiro atoms. The maximum atomic E-state index is 10.9. The summed E-state index contributed by atoms with van der Waals surface area (Å²) in [7, 11) is 0. The Morgan fingerprint density at radius 1 is 1.73 bits per heavy atom. The highest BCUT2D eigenvalue weighted by Crippen LogP contribution is 2.15. The molecule has 0 bridgehead atoms. The van der Waals surface area contributed by atoms with E-state index in [0.717, 1.165) is 19.4 Å². The minimum Gasteiger partial charge on any atom is -0.466 e. The van der Waals surface area contributed by atoms with Crippen LogP contribution in [0.4, 0.5) is 0 Å². The van der Waals surface area contributed by atoms with Crippen LogP contribution in [0.3, 0.4) is 0 Å². The lowest BCUT2D eigenvalue weighted by atomic mass is 10.2. The van der Waals surface area contributed by atoms with Crippen molar-refractivity contribution in [3.05, 3.63) is 0 Å². The van der Waals surface area contributed by atoms with Gasteiger partial charge >= 0.3 is 5.97 Å². The zero-order valence-corrected chi connectivity index (χ0v) is 6.84. The first kappa shape index (κ1) is 8.53. The topological polar surface area (TPSA) is 35.5 Å². The molecule has 1 fully saturated rings. The molecule has 0 unspecified atom stereocenters. The van der Waals surface area contributed by atoms with Gasteiger partial charge in [-0.2, -0.15) is 0 Å². The van der Waals surface area contributed by atoms with Crippen LogP contribution < -0.4 is 0 Å². The molecule has 0 N–H and O–H groups in total. The minimum atomic E-state index is -0.139. The molecule has 0 radical (unpaired) electrons. The average Bonchev–Trinajstić information content (AvgIpc) is 2.40. The van der Waals surface area contributed by atoms with Crippen molar-refractivity contribution >= 4 is 5.97 Å². The Morgan fingerprint density at radius 3 is 3.09 bits per heavy atom. The van der Waals surface area contributed by atoms with Crippen LogP contribution in [-0.4, -0.2) is 25.3 Å². The molecule has 1 saturated heterocycles. The molecular weight excluding hydrogens is 144 g/mol. The summed E-state index contributed by atoms with van der Waals surface area (Å²) in [5, 5.41) is 0. The first-order valence-electron chi connectivity index (χ1n) is 4.10. The van der Waals surface area contributed by atoms with E-state index in [0.29, 0.717) is 13.0 Å². The van der Waals surface area contributed by atoms with Crippen LogP contribution in [0.5, 0.6) is 0 Å². The summed E-state index contributed by atoms with van der Waals surface area (Å²) >= 11 is 0. The van der Waals surface area contributed by atoms with Gasteiger partial charge in [-0.3, -0.25) is 4.79 Å². The van der Waals surface area contributed by atoms with E-state index in [1.54, 1.807) is 0 Å². The summed E-state index contributed by atoms with van der Waals surface area (Å²) in [6, 6.07) is 0. The summed E-state index contributed by atoms with van der Waals surface area (Å²) in [5.41, 5.74) is 0. The molecule has 1 aliphatic heterocycles. The van der Waals surface area contributed by atoms with Gasteiger partial charge < -0.3 is 9.47 Å². The smallest absolute Gasteiger partial charge is 0.308 e. The zero-order valence-electron chi connectivity index (χ0n) is 6.84. The van der Waals surface area contributed by atoms with Crippen LogP contribution in [0.15, 0.2) is 0 Å². The number of carbonyl (C=O) groups excluding carboxylic acids is 1. The van der Waals surface area contributed by atoms with Gasteiger partial charge in [0.05, 0.1) is 19.1 Å². The quantitative estimate of drug-likeness (QED) is 0.577. The van der Waals surface area contributed by atoms with Gasteiger partial charge in [-0.1, -0.05) is 0 Å². The molecule has 0 aromatic heterocycles. The molecule has 0 aromatic carbocycles. The molecule has 0 saturated carbocycles. The van der Waals surface area contributed by atoms with Crippen LogP contribution in [0.25, 0.3) is 0 Å². The Balaban J connectivity index is 2.13. The average molecular weight is 158 g/mol. The standard InChI is InChI=1S/C8H14O3/c1-2-10-8(9)6-7-4-3-5-11-7/h7H,2-6H2,1H3/t7-/m1/s1. The van der Waals surface area contributed by atoms with Crippen molar-refractivity contribution in [1.29, 1.82) is 0 Å². The third kappa shape index (κ3) is 2.89. The Morgan fingerprint density at radius 2 is 2.55 bits per heavy atom. The highest BCUT2D eigenvalue weighted by Gasteiger charge is 2.19. The highest BCUT2D eigenvalue weighted by atomic mass is 16.5. The molecule has 1 aliphatic rings. The van der Waals surface area contributed by atoms with Gasteiger partial charge in [-0.15, -0.1) is 0 Å². The first-order valence-corrected chi connectivity index (χ1v) is 4.10. The summed E-state index contributed by atoms with van der Waals surface area (Å²) in [4.78, 5) is 10.9. The van der Waals surface area contributed by atoms with E-state index in [4.69, 9.17) is 9.47 Å². The molecule has 3 heteroatoms. The predicted octanol–water partition coefficient (Wildman–Crippen LogP) is 1.12. The second kappa shape index (κ2) is 4.34. The third-order valence-corrected chi connectivity index (χ3v) is 1.72. The molecule has 11 heavy (non-hydrogen) atoms. The molecule has 3 nitrogen and oxygen atoms in total. The number of rotatable bonds is 3. The van der Waals surface area contributed by atoms with Gasteiger partial charge in [0.25, 0.3) is 0 Å². The van der Waals surface area contributed by atoms with Gasteiger partial charge in [0.1, 0.15) is 0 Å². The molecular formula is C8H14O3. The maximum absolute atomic E-state index is 10.9. The largest absolute Gasteiger partial charge is 0.466 e. The van der Waals surface area contributed by atoms with Crippen molar-refractivity contribution < 1.29 is 14.3 Å². The van der Waals surface area contributed by atoms with E-state index in [1.165, 1.54) is 0 Å². The molecule has 1 atom stereocenters. The van der Waals surface area contributed by atoms with Crippen molar-refractivity contribution in [2.45, 2.75) is 32.3 Å². The fourth-order valence-corrected chi connectivity index (χ4v) is 1.21. The molecule has 1 heterocycles. The fraction of sp³-hybridized carbons (Fsp3) is 0.875. The van der Waals surface area contributed by atoms with E-state index in [9.17, 15) is 4.79 Å². The summed E-state index contributed by atoms with van der Waals surface area (Å²) < 4.78 is 10.1. The van der Waals surface area contributed by atoms with E-state index in [2.05, 4.69) is 0 Å². The first-order chi connectivity index (χ1) is 5.33. The number of esters is 1. The Kier molecular flexibility index (Phi) is 3.36. The molecule has 1 rings (SSSR count). The Labute approximate surface area is 66.7 Å². The van der Waals surface area contributed by atoms with Crippen LogP contribution in [0.1, 0.15) is 26.2 Å². The second-order valence-electron chi connectivity index (χ2n) is 2.64. The van der Waals surface area contributed by atoms with Gasteiger partial charge in [0.15, 0.2) is 0 Å². The van der Waals surface area contributed by atoms with Gasteiger partial charge in [0, 0.05) is 6.61 Å². The Bertz CT molecular complexity index is 127. The lowest BCUT2D eigenvalue weighted by Crippen LogP contribution is -2.14. The number of hydrogen-bond donors (Lipinski definition) is 0. The van der Waals surface area contributed by atoms with Crippen LogP contribution >= 0.6 is 0 Å². The van der Waals surface area contributed by atoms with E-state index < -0.39 is 0 Å². The summed E-state index contributed by atoms with van der Waals surface area (Å²) in [6.45, 7) is 3.07. The zero-order chi connectivity index (χ0) is 8.10. The Hall–Kier alpha value is -0.570. The lowest BCUT2D eigenvalue weighted by molar-refractivity contribution is -0.145. The number of carbonyl (C=O) groups is 1. The van der Waals surface area contributed by atoms with Crippen LogP contribution in [0, 0.1) is 0 Å². The van der Waals surface area contributed by atoms with Crippen molar-refractivity contribution in [3.8, 4) is 0 Å². The van der Waals surface area contributed by atoms with Crippen LogP contribution in [0.2, 0.25) is 0 Å². The predicted molar refractivity (Wildman–Crippen MR) is 40.2 cm³/mol. The molecule has 0 aromatic rings. The summed E-state index contributed by atoms with van der Waals surface area (Å²) in [5.74, 6) is -0.139. The number of ether oxygens (including phenoxy) is 2. The fourth-order valence-electron chi connectivity index (χ4n) is 1.21. The third-order valence-electron chi connectivity index (χ3n) is 1.72. The molecule has 64 valence electrons. The van der Waals surface area contributed by atoms with Crippen molar-refractivity contribution in [3.63, 3.8) is 0 Å². The van der Waals surface area contributed by atoms with E-state index in [1.807, 2.05) is 6.92 Å². The normalized spacial score (nSPS) is 23.5. The van der Waals surface area contributed by atoms with Crippen molar-refractivity contribution in [1.82, 2.24) is 0 Å². The van der Waals surface area contributed by atoms with Crippen LogP contribution in [-0.2, 0) is 14.3 Å². The second-order valence-corrected chi connectivity index (χ2v) is 2.64. The van der Waals surface area contributed by atoms with Crippen molar-refractivity contribution in [2.75, 3.05) is 13.2 Å². The highest BCUT2D eigenvalue weighted by molar-refractivity contribution is 5.69. The monoisotopic (exact) mass is 158 g/mol. The van der Waals surface area contributed by atoms with Gasteiger partial charge in [0.2, 0.25) is 0 Å². The SMILES string of the molecule is CCOC(=O)C[C@H]1CCCO1. The van der Waals surface area contributed by atoms with E-state index in [-0.39, 0.29) is 12.1 Å². The maximum Gasteiger partial charge on any atom is 0.308 e. The number of hydrogen-bond acceptors (Lipinski definition) is 3. The molecule has 0 aliphatic carbocycles. The van der Waals surface area contributed by atoms with Crippen molar-refractivity contribution in [2.24, 2.45) is 0 Å². The van der Waals surface area contributed by atoms with Gasteiger partial charge in [-0.25, -0.2) is 0 Å². The minimum absolute atomic E-state index is 0.119. The molecule has 0 amide bonds. The summed E-state index contributed by atoms with van der Waals surface area (Å²) in [6.07, 6.45) is 2.62. The van der Waals surface area contributed by atoms with E-state index >= 15 is 0 Å².